The summed E-state index contributed by atoms with van der Waals surface area (Å²) in [6.07, 6.45) is 0.646. The van der Waals surface area contributed by atoms with Crippen LogP contribution >= 0.6 is 0 Å². The fraction of sp³-hybridized carbons (Fsp3) is 0.304. The van der Waals surface area contributed by atoms with Crippen molar-refractivity contribution in [3.8, 4) is 17.1 Å². The maximum Gasteiger partial charge on any atom is 0.254 e. The number of ether oxygens (including phenoxy) is 1. The molecule has 2 aromatic carbocycles. The van der Waals surface area contributed by atoms with Crippen molar-refractivity contribution in [1.29, 1.82) is 0 Å². The number of hydrogen-bond donors (Lipinski definition) is 0. The molecule has 0 unspecified atom stereocenters. The normalized spacial score (nSPS) is 13.4. The molecule has 1 aliphatic rings. The van der Waals surface area contributed by atoms with Crippen molar-refractivity contribution < 1.29 is 18.4 Å². The molecule has 0 aliphatic carbocycles. The van der Waals surface area contributed by atoms with Crippen LogP contribution in [-0.4, -0.2) is 29.1 Å². The molecule has 3 aromatic rings. The van der Waals surface area contributed by atoms with Gasteiger partial charge in [0.1, 0.15) is 17.3 Å². The molecule has 0 N–H and O–H groups in total. The maximum atomic E-state index is 13.2. The molecule has 0 atom stereocenters. The van der Waals surface area contributed by atoms with Crippen LogP contribution in [0.3, 0.4) is 0 Å². The van der Waals surface area contributed by atoms with Gasteiger partial charge in [0.05, 0.1) is 13.2 Å². The Kier molecular flexibility index (Phi) is 5.34. The third-order valence-electron chi connectivity index (χ3n) is 4.92. The zero-order valence-corrected chi connectivity index (χ0v) is 16.5. The highest BCUT2D eigenvalue weighted by Gasteiger charge is 2.27. The lowest BCUT2D eigenvalue weighted by molar-refractivity contribution is 0.0731. The molecular weight excluding hydrogens is 371 g/mol. The molecule has 29 heavy (non-hydrogen) atoms. The van der Waals surface area contributed by atoms with Crippen LogP contribution in [0, 0.1) is 11.7 Å². The van der Waals surface area contributed by atoms with Gasteiger partial charge in [0.2, 0.25) is 0 Å². The van der Waals surface area contributed by atoms with Crippen molar-refractivity contribution in [3.63, 3.8) is 0 Å². The largest absolute Gasteiger partial charge is 0.493 e. The lowest BCUT2D eigenvalue weighted by atomic mass is 10.00. The van der Waals surface area contributed by atoms with Gasteiger partial charge in [-0.1, -0.05) is 19.0 Å². The number of halogens is 1. The van der Waals surface area contributed by atoms with Crippen molar-refractivity contribution in [1.82, 2.24) is 10.1 Å². The number of fused-ring (bicyclic) bond motifs is 1. The number of hydrogen-bond acceptors (Lipinski definition) is 4. The van der Waals surface area contributed by atoms with Gasteiger partial charge in [0.15, 0.2) is 5.76 Å². The van der Waals surface area contributed by atoms with E-state index in [0.29, 0.717) is 43.4 Å². The molecule has 1 aliphatic heterocycles. The number of carbonyl (C=O) groups is 1. The van der Waals surface area contributed by atoms with E-state index >= 15 is 0 Å². The van der Waals surface area contributed by atoms with E-state index in [1.807, 2.05) is 12.1 Å². The summed E-state index contributed by atoms with van der Waals surface area (Å²) in [5, 5.41) is 4.15. The first kappa shape index (κ1) is 19.2. The van der Waals surface area contributed by atoms with Gasteiger partial charge in [-0.3, -0.25) is 4.79 Å². The number of amides is 1. The van der Waals surface area contributed by atoms with Crippen LogP contribution in [0.4, 0.5) is 4.39 Å². The van der Waals surface area contributed by atoms with Gasteiger partial charge in [0, 0.05) is 23.2 Å². The van der Waals surface area contributed by atoms with E-state index in [-0.39, 0.29) is 11.7 Å². The number of nitrogens with zero attached hydrogens (tertiary/aromatic N) is 2. The van der Waals surface area contributed by atoms with Gasteiger partial charge in [-0.2, -0.15) is 0 Å². The maximum absolute atomic E-state index is 13.2. The van der Waals surface area contributed by atoms with Gasteiger partial charge in [0.25, 0.3) is 5.91 Å². The Morgan fingerprint density at radius 1 is 1.17 bits per heavy atom. The first-order valence-corrected chi connectivity index (χ1v) is 9.77. The lowest BCUT2D eigenvalue weighted by Crippen LogP contribution is -2.35. The van der Waals surface area contributed by atoms with E-state index in [4.69, 9.17) is 9.26 Å². The monoisotopic (exact) mass is 394 g/mol. The SMILES string of the molecule is CC(C)COc1ccc(C(=O)N2CCc3c(noc3-c3ccc(F)cc3)C2)cc1. The summed E-state index contributed by atoms with van der Waals surface area (Å²) in [6, 6.07) is 13.4. The molecule has 150 valence electrons. The minimum atomic E-state index is -0.292. The van der Waals surface area contributed by atoms with Gasteiger partial charge in [-0.05, 0) is 60.9 Å². The molecule has 0 radical (unpaired) electrons. The minimum Gasteiger partial charge on any atom is -0.493 e. The average Bonchev–Trinajstić information content (AvgIpc) is 3.16. The van der Waals surface area contributed by atoms with Gasteiger partial charge in [-0.25, -0.2) is 4.39 Å². The zero-order chi connectivity index (χ0) is 20.4. The predicted molar refractivity (Wildman–Crippen MR) is 107 cm³/mol. The fourth-order valence-corrected chi connectivity index (χ4v) is 3.37. The molecule has 0 saturated heterocycles. The quantitative estimate of drug-likeness (QED) is 0.629. The van der Waals surface area contributed by atoms with Crippen molar-refractivity contribution >= 4 is 5.91 Å². The molecule has 0 bridgehead atoms. The second-order valence-electron chi connectivity index (χ2n) is 7.65. The first-order valence-electron chi connectivity index (χ1n) is 9.77. The molecule has 6 heteroatoms. The third-order valence-corrected chi connectivity index (χ3v) is 4.92. The molecule has 4 rings (SSSR count). The summed E-state index contributed by atoms with van der Waals surface area (Å²) in [7, 11) is 0. The van der Waals surface area contributed by atoms with Crippen LogP contribution in [0.5, 0.6) is 5.75 Å². The van der Waals surface area contributed by atoms with Crippen molar-refractivity contribution in [3.05, 3.63) is 71.2 Å². The Morgan fingerprint density at radius 3 is 2.59 bits per heavy atom. The second kappa shape index (κ2) is 8.07. The van der Waals surface area contributed by atoms with Crippen LogP contribution in [-0.2, 0) is 13.0 Å². The number of carbonyl (C=O) groups excluding carboxylic acids is 1. The Morgan fingerprint density at radius 2 is 1.90 bits per heavy atom. The molecule has 0 saturated carbocycles. The zero-order valence-electron chi connectivity index (χ0n) is 16.5. The summed E-state index contributed by atoms with van der Waals surface area (Å²) < 4.78 is 24.4. The predicted octanol–water partition coefficient (Wildman–Crippen LogP) is 4.71. The summed E-state index contributed by atoms with van der Waals surface area (Å²) in [5.41, 5.74) is 3.14. The Balaban J connectivity index is 1.46. The van der Waals surface area contributed by atoms with Crippen molar-refractivity contribution in [2.75, 3.05) is 13.2 Å². The van der Waals surface area contributed by atoms with Gasteiger partial charge >= 0.3 is 0 Å². The third kappa shape index (κ3) is 4.16. The number of benzene rings is 2. The van der Waals surface area contributed by atoms with E-state index < -0.39 is 0 Å². The summed E-state index contributed by atoms with van der Waals surface area (Å²) in [5.74, 6) is 1.52. The van der Waals surface area contributed by atoms with Crippen LogP contribution in [0.1, 0.15) is 35.5 Å². The topological polar surface area (TPSA) is 55.6 Å². The molecule has 1 amide bonds. The number of rotatable bonds is 5. The molecule has 2 heterocycles. The van der Waals surface area contributed by atoms with E-state index in [2.05, 4.69) is 19.0 Å². The van der Waals surface area contributed by atoms with E-state index in [9.17, 15) is 9.18 Å². The Labute approximate surface area is 169 Å². The highest BCUT2D eigenvalue weighted by atomic mass is 19.1. The molecule has 1 aromatic heterocycles. The standard InChI is InChI=1S/C23H23FN2O3/c1-15(2)14-28-19-9-5-17(6-10-19)23(27)26-12-11-20-21(13-26)25-29-22(20)16-3-7-18(24)8-4-16/h3-10,15H,11-14H2,1-2H3. The smallest absolute Gasteiger partial charge is 0.254 e. The van der Waals surface area contributed by atoms with Gasteiger partial charge in [-0.15, -0.1) is 0 Å². The highest BCUT2D eigenvalue weighted by Crippen LogP contribution is 2.31. The van der Waals surface area contributed by atoms with Crippen molar-refractivity contribution in [2.24, 2.45) is 5.92 Å². The van der Waals surface area contributed by atoms with Crippen LogP contribution in [0.15, 0.2) is 53.1 Å². The minimum absolute atomic E-state index is 0.0441. The van der Waals surface area contributed by atoms with Crippen LogP contribution < -0.4 is 4.74 Å². The Bertz CT molecular complexity index is 994. The van der Waals surface area contributed by atoms with Crippen molar-refractivity contribution in [2.45, 2.75) is 26.8 Å². The molecular formula is C23H23FN2O3. The van der Waals surface area contributed by atoms with E-state index in [1.165, 1.54) is 12.1 Å². The fourth-order valence-electron chi connectivity index (χ4n) is 3.37. The van der Waals surface area contributed by atoms with E-state index in [1.54, 1.807) is 29.2 Å². The lowest BCUT2D eigenvalue weighted by Gasteiger charge is -2.26. The average molecular weight is 394 g/mol. The highest BCUT2D eigenvalue weighted by molar-refractivity contribution is 5.94. The van der Waals surface area contributed by atoms with Gasteiger partial charge < -0.3 is 14.2 Å². The molecule has 5 nitrogen and oxygen atoms in total. The van der Waals surface area contributed by atoms with Crippen LogP contribution in [0.25, 0.3) is 11.3 Å². The second-order valence-corrected chi connectivity index (χ2v) is 7.65. The summed E-state index contributed by atoms with van der Waals surface area (Å²) in [6.45, 7) is 5.80. The number of aromatic nitrogens is 1. The molecule has 0 spiro atoms. The Hall–Kier alpha value is -3.15. The first-order chi connectivity index (χ1) is 14.0. The van der Waals surface area contributed by atoms with Crippen LogP contribution in [0.2, 0.25) is 0 Å². The van der Waals surface area contributed by atoms with E-state index in [0.717, 1.165) is 22.6 Å². The summed E-state index contributed by atoms with van der Waals surface area (Å²) in [4.78, 5) is 14.7. The summed E-state index contributed by atoms with van der Waals surface area (Å²) >= 11 is 0. The molecule has 0 fully saturated rings.